The highest BCUT2D eigenvalue weighted by Crippen LogP contribution is 2.44. The van der Waals surface area contributed by atoms with Gasteiger partial charge in [-0.25, -0.2) is 4.57 Å². The average molecular weight is 206 g/mol. The number of rotatable bonds is 6. The van der Waals surface area contributed by atoms with Gasteiger partial charge in [0.25, 0.3) is 0 Å². The van der Waals surface area contributed by atoms with Gasteiger partial charge in [0.1, 0.15) is 5.60 Å². The fraction of sp³-hybridized carbons (Fsp3) is 0.500. The molecule has 0 aliphatic rings. The van der Waals surface area contributed by atoms with Crippen LogP contribution in [0, 0.1) is 0 Å². The van der Waals surface area contributed by atoms with Crippen molar-refractivity contribution in [3.05, 3.63) is 25.3 Å². The van der Waals surface area contributed by atoms with Crippen molar-refractivity contribution in [2.45, 2.75) is 25.4 Å². The molecule has 0 rings (SSSR count). The standard InChI is InChI=1S/C8H15O4P/c1-4-7-8(5-2,6-3)12-13(9,10)11/h4-5H,1-2,6-7H2,3H3,(H2,9,10,11). The van der Waals surface area contributed by atoms with Crippen LogP contribution in [-0.4, -0.2) is 15.4 Å². The highest BCUT2D eigenvalue weighted by molar-refractivity contribution is 7.46. The molecule has 0 amide bonds. The van der Waals surface area contributed by atoms with Crippen molar-refractivity contribution in [2.24, 2.45) is 0 Å². The van der Waals surface area contributed by atoms with Gasteiger partial charge in [-0.2, -0.15) is 0 Å². The first-order valence-electron chi connectivity index (χ1n) is 3.90. The maximum atomic E-state index is 10.6. The smallest absolute Gasteiger partial charge is 0.303 e. The number of hydrogen-bond acceptors (Lipinski definition) is 2. The van der Waals surface area contributed by atoms with E-state index in [0.717, 1.165) is 0 Å². The van der Waals surface area contributed by atoms with Crippen LogP contribution in [0.1, 0.15) is 19.8 Å². The maximum absolute atomic E-state index is 10.6. The molecule has 1 unspecified atom stereocenters. The van der Waals surface area contributed by atoms with Gasteiger partial charge in [0.2, 0.25) is 0 Å². The minimum atomic E-state index is -4.47. The lowest BCUT2D eigenvalue weighted by atomic mass is 9.97. The van der Waals surface area contributed by atoms with Crippen LogP contribution < -0.4 is 0 Å². The Kier molecular flexibility index (Phi) is 4.57. The minimum absolute atomic E-state index is 0.331. The Morgan fingerprint density at radius 3 is 2.31 bits per heavy atom. The van der Waals surface area contributed by atoms with Crippen molar-refractivity contribution in [2.75, 3.05) is 0 Å². The topological polar surface area (TPSA) is 66.8 Å². The van der Waals surface area contributed by atoms with Gasteiger partial charge in [-0.3, -0.25) is 4.52 Å². The van der Waals surface area contributed by atoms with E-state index >= 15 is 0 Å². The lowest BCUT2D eigenvalue weighted by Gasteiger charge is -2.27. The first-order valence-corrected chi connectivity index (χ1v) is 5.43. The number of phosphoric acid groups is 1. The monoisotopic (exact) mass is 206 g/mol. The van der Waals surface area contributed by atoms with Gasteiger partial charge in [0.05, 0.1) is 0 Å². The summed E-state index contributed by atoms with van der Waals surface area (Å²) in [4.78, 5) is 17.3. The highest BCUT2D eigenvalue weighted by Gasteiger charge is 2.32. The molecule has 0 aromatic rings. The van der Waals surface area contributed by atoms with Crippen LogP contribution in [0.2, 0.25) is 0 Å². The average Bonchev–Trinajstić information content (AvgIpc) is 2.01. The third-order valence-electron chi connectivity index (χ3n) is 1.76. The van der Waals surface area contributed by atoms with Gasteiger partial charge < -0.3 is 9.79 Å². The summed E-state index contributed by atoms with van der Waals surface area (Å²) in [5.74, 6) is 0. The molecule has 0 aliphatic carbocycles. The van der Waals surface area contributed by atoms with E-state index in [9.17, 15) is 4.57 Å². The van der Waals surface area contributed by atoms with Crippen LogP contribution in [0.25, 0.3) is 0 Å². The molecule has 0 saturated heterocycles. The molecule has 1 atom stereocenters. The molecule has 0 aromatic carbocycles. The minimum Gasteiger partial charge on any atom is -0.303 e. The van der Waals surface area contributed by atoms with Gasteiger partial charge in [-0.05, 0) is 12.8 Å². The molecule has 0 heterocycles. The lowest BCUT2D eigenvalue weighted by Crippen LogP contribution is -2.27. The zero-order valence-electron chi connectivity index (χ0n) is 7.64. The summed E-state index contributed by atoms with van der Waals surface area (Å²) in [5, 5.41) is 0. The van der Waals surface area contributed by atoms with E-state index in [4.69, 9.17) is 9.79 Å². The quantitative estimate of drug-likeness (QED) is 0.515. The van der Waals surface area contributed by atoms with E-state index in [2.05, 4.69) is 17.7 Å². The van der Waals surface area contributed by atoms with Crippen molar-refractivity contribution in [3.8, 4) is 0 Å². The summed E-state index contributed by atoms with van der Waals surface area (Å²) in [7, 11) is -4.47. The van der Waals surface area contributed by atoms with E-state index in [1.807, 2.05) is 0 Å². The summed E-state index contributed by atoms with van der Waals surface area (Å²) < 4.78 is 15.3. The summed E-state index contributed by atoms with van der Waals surface area (Å²) in [5.41, 5.74) is -0.999. The largest absolute Gasteiger partial charge is 0.470 e. The highest BCUT2D eigenvalue weighted by atomic mass is 31.2. The zero-order chi connectivity index (χ0) is 10.5. The van der Waals surface area contributed by atoms with Crippen LogP contribution in [-0.2, 0) is 9.09 Å². The van der Waals surface area contributed by atoms with E-state index in [0.29, 0.717) is 12.8 Å². The van der Waals surface area contributed by atoms with Gasteiger partial charge in [-0.1, -0.05) is 19.1 Å². The summed E-state index contributed by atoms with van der Waals surface area (Å²) in [6.07, 6.45) is 3.71. The predicted molar refractivity (Wildman–Crippen MR) is 51.2 cm³/mol. The Hall–Kier alpha value is -0.410. The molecule has 2 N–H and O–H groups in total. The van der Waals surface area contributed by atoms with Gasteiger partial charge in [0, 0.05) is 0 Å². The molecule has 0 aromatic heterocycles. The second kappa shape index (κ2) is 4.72. The molecule has 0 radical (unpaired) electrons. The Balaban J connectivity index is 4.66. The molecule has 5 heteroatoms. The predicted octanol–water partition coefficient (Wildman–Crippen LogP) is 2.01. The first-order chi connectivity index (χ1) is 5.89. The Morgan fingerprint density at radius 2 is 2.08 bits per heavy atom. The molecule has 0 aliphatic heterocycles. The van der Waals surface area contributed by atoms with E-state index < -0.39 is 13.4 Å². The Bertz CT molecular complexity index is 232. The molecule has 0 spiro atoms. The molecule has 0 saturated carbocycles. The number of hydrogen-bond donors (Lipinski definition) is 2. The van der Waals surface area contributed by atoms with Crippen molar-refractivity contribution in [1.29, 1.82) is 0 Å². The molecular weight excluding hydrogens is 191 g/mol. The van der Waals surface area contributed by atoms with Gasteiger partial charge in [0.15, 0.2) is 0 Å². The first kappa shape index (κ1) is 12.6. The van der Waals surface area contributed by atoms with Crippen LogP contribution in [0.4, 0.5) is 0 Å². The SMILES string of the molecule is C=CCC(C=C)(CC)OP(=O)(O)O. The van der Waals surface area contributed by atoms with Crippen molar-refractivity contribution < 1.29 is 18.9 Å². The molecule has 0 bridgehead atoms. The molecular formula is C8H15O4P. The van der Waals surface area contributed by atoms with E-state index in [1.54, 1.807) is 13.0 Å². The lowest BCUT2D eigenvalue weighted by molar-refractivity contribution is 0.0730. The van der Waals surface area contributed by atoms with Crippen molar-refractivity contribution in [1.82, 2.24) is 0 Å². The second-order valence-corrected chi connectivity index (χ2v) is 3.86. The fourth-order valence-electron chi connectivity index (χ4n) is 0.992. The number of phosphoric ester groups is 1. The van der Waals surface area contributed by atoms with Crippen molar-refractivity contribution in [3.63, 3.8) is 0 Å². The van der Waals surface area contributed by atoms with Crippen LogP contribution in [0.15, 0.2) is 25.3 Å². The third-order valence-corrected chi connectivity index (χ3v) is 2.36. The normalized spacial score (nSPS) is 16.2. The van der Waals surface area contributed by atoms with Crippen molar-refractivity contribution >= 4 is 7.82 Å². The molecule has 76 valence electrons. The maximum Gasteiger partial charge on any atom is 0.470 e. The Morgan fingerprint density at radius 1 is 1.54 bits per heavy atom. The molecule has 0 fully saturated rings. The van der Waals surface area contributed by atoms with Gasteiger partial charge >= 0.3 is 7.82 Å². The fourth-order valence-corrected chi connectivity index (χ4v) is 1.74. The van der Waals surface area contributed by atoms with Crippen LogP contribution in [0.5, 0.6) is 0 Å². The third kappa shape index (κ3) is 4.39. The van der Waals surface area contributed by atoms with Gasteiger partial charge in [-0.15, -0.1) is 13.2 Å². The summed E-state index contributed by atoms with van der Waals surface area (Å²) in [6.45, 7) is 8.75. The van der Waals surface area contributed by atoms with E-state index in [-0.39, 0.29) is 0 Å². The van der Waals surface area contributed by atoms with E-state index in [1.165, 1.54) is 6.08 Å². The summed E-state index contributed by atoms with van der Waals surface area (Å²) >= 11 is 0. The molecule has 4 nitrogen and oxygen atoms in total. The molecule has 13 heavy (non-hydrogen) atoms. The Labute approximate surface area is 78.2 Å². The van der Waals surface area contributed by atoms with Crippen LogP contribution >= 0.6 is 7.82 Å². The zero-order valence-corrected chi connectivity index (χ0v) is 8.54. The van der Waals surface area contributed by atoms with Crippen LogP contribution in [0.3, 0.4) is 0 Å². The summed E-state index contributed by atoms with van der Waals surface area (Å²) in [6, 6.07) is 0. The second-order valence-electron chi connectivity index (χ2n) is 2.70.